The molecule has 0 radical (unpaired) electrons. The average molecular weight is 294 g/mol. The lowest BCUT2D eigenvalue weighted by Crippen LogP contribution is -2.21. The Morgan fingerprint density at radius 2 is 2.00 bits per heavy atom. The molecule has 21 heavy (non-hydrogen) atoms. The molecule has 1 atom stereocenters. The van der Waals surface area contributed by atoms with Gasteiger partial charge in [0.05, 0.1) is 5.57 Å². The quantitative estimate of drug-likeness (QED) is 0.740. The molecule has 0 saturated heterocycles. The van der Waals surface area contributed by atoms with Crippen molar-refractivity contribution < 1.29 is 18.0 Å². The minimum atomic E-state index is -4.48. The molecule has 1 nitrogen and oxygen atoms in total. The summed E-state index contributed by atoms with van der Waals surface area (Å²) in [5, 5.41) is 0. The van der Waals surface area contributed by atoms with Crippen LogP contribution in [0.1, 0.15) is 54.4 Å². The van der Waals surface area contributed by atoms with Gasteiger partial charge in [-0.2, -0.15) is 13.2 Å². The van der Waals surface area contributed by atoms with Crippen molar-refractivity contribution in [2.45, 2.75) is 51.1 Å². The molecule has 2 aliphatic carbocycles. The van der Waals surface area contributed by atoms with E-state index < -0.39 is 17.5 Å². The Morgan fingerprint density at radius 1 is 1.24 bits per heavy atom. The average Bonchev–Trinajstić information content (AvgIpc) is 2.42. The Hall–Kier alpha value is -1.58. The number of aryl methyl sites for hydroxylation is 1. The summed E-state index contributed by atoms with van der Waals surface area (Å²) in [5.74, 6) is -0.121. The highest BCUT2D eigenvalue weighted by Gasteiger charge is 2.39. The number of halogens is 3. The maximum absolute atomic E-state index is 13.2. The largest absolute Gasteiger partial charge is 0.417 e. The minimum Gasteiger partial charge on any atom is -0.294 e. The zero-order chi connectivity index (χ0) is 15.2. The van der Waals surface area contributed by atoms with Crippen LogP contribution in [-0.4, -0.2) is 12.0 Å². The molecule has 1 unspecified atom stereocenters. The van der Waals surface area contributed by atoms with E-state index in [-0.39, 0.29) is 12.0 Å². The first-order valence-corrected chi connectivity index (χ1v) is 7.38. The number of fused-ring (bicyclic) bond motifs is 2. The lowest BCUT2D eigenvalue weighted by atomic mass is 9.77. The fraction of sp³-hybridized carbons (Fsp3) is 0.471. The predicted octanol–water partition coefficient (Wildman–Crippen LogP) is 4.59. The van der Waals surface area contributed by atoms with Gasteiger partial charge < -0.3 is 0 Å². The van der Waals surface area contributed by atoms with Gasteiger partial charge in [0.1, 0.15) is 0 Å². The van der Waals surface area contributed by atoms with Crippen LogP contribution in [0.25, 0.3) is 5.57 Å². The van der Waals surface area contributed by atoms with Gasteiger partial charge in [-0.1, -0.05) is 19.1 Å². The van der Waals surface area contributed by atoms with Crippen LogP contribution in [0.15, 0.2) is 18.2 Å². The van der Waals surface area contributed by atoms with Gasteiger partial charge in [-0.15, -0.1) is 0 Å². The van der Waals surface area contributed by atoms with E-state index >= 15 is 0 Å². The summed E-state index contributed by atoms with van der Waals surface area (Å²) < 4.78 is 39.6. The molecule has 0 bridgehead atoms. The van der Waals surface area contributed by atoms with Crippen molar-refractivity contribution in [3.8, 4) is 0 Å². The molecule has 0 N–H and O–H groups in total. The molecule has 1 aromatic rings. The number of alkyl halides is 3. The number of ketones is 1. The molecular weight excluding hydrogens is 277 g/mol. The highest BCUT2D eigenvalue weighted by molar-refractivity contribution is 6.03. The van der Waals surface area contributed by atoms with Crippen LogP contribution in [-0.2, 0) is 17.6 Å². The molecule has 0 aliphatic heterocycles. The molecular formula is C17H17F3O. The number of benzene rings is 1. The van der Waals surface area contributed by atoms with Gasteiger partial charge in [-0.25, -0.2) is 0 Å². The topological polar surface area (TPSA) is 17.1 Å². The van der Waals surface area contributed by atoms with Gasteiger partial charge in [0.25, 0.3) is 0 Å². The van der Waals surface area contributed by atoms with Crippen LogP contribution >= 0.6 is 0 Å². The van der Waals surface area contributed by atoms with Crippen LogP contribution in [0.4, 0.5) is 13.2 Å². The minimum absolute atomic E-state index is 0.0823. The van der Waals surface area contributed by atoms with Crippen molar-refractivity contribution in [3.05, 3.63) is 40.5 Å². The maximum atomic E-state index is 13.2. The Labute approximate surface area is 121 Å². The fourth-order valence-electron chi connectivity index (χ4n) is 3.54. The van der Waals surface area contributed by atoms with Crippen LogP contribution < -0.4 is 0 Å². The lowest BCUT2D eigenvalue weighted by molar-refractivity contribution is -0.114. The van der Waals surface area contributed by atoms with E-state index in [4.69, 9.17) is 0 Å². The van der Waals surface area contributed by atoms with Crippen LogP contribution in [0, 0.1) is 0 Å². The van der Waals surface area contributed by atoms with Crippen molar-refractivity contribution in [2.75, 3.05) is 0 Å². The van der Waals surface area contributed by atoms with Crippen molar-refractivity contribution in [3.63, 3.8) is 0 Å². The summed E-state index contributed by atoms with van der Waals surface area (Å²) in [6, 6.07) is 3.53. The van der Waals surface area contributed by atoms with Gasteiger partial charge in [0, 0.05) is 6.42 Å². The van der Waals surface area contributed by atoms with E-state index in [9.17, 15) is 18.0 Å². The number of hydrogen-bond donors (Lipinski definition) is 0. The molecule has 0 heterocycles. The molecule has 0 saturated carbocycles. The van der Waals surface area contributed by atoms with E-state index in [2.05, 4.69) is 6.92 Å². The van der Waals surface area contributed by atoms with Gasteiger partial charge in [0.15, 0.2) is 5.78 Å². The van der Waals surface area contributed by atoms with E-state index in [1.807, 2.05) is 6.07 Å². The molecule has 3 rings (SSSR count). The monoisotopic (exact) mass is 294 g/mol. The van der Waals surface area contributed by atoms with Gasteiger partial charge in [-0.3, -0.25) is 4.79 Å². The van der Waals surface area contributed by atoms with Crippen molar-refractivity contribution >= 4 is 11.4 Å². The number of allylic oxidation sites excluding steroid dienone is 2. The van der Waals surface area contributed by atoms with Gasteiger partial charge in [0.2, 0.25) is 0 Å². The number of hydrogen-bond acceptors (Lipinski definition) is 1. The van der Waals surface area contributed by atoms with E-state index in [0.29, 0.717) is 11.5 Å². The van der Waals surface area contributed by atoms with E-state index in [1.165, 1.54) is 0 Å². The first-order valence-electron chi connectivity index (χ1n) is 7.38. The molecule has 2 aliphatic rings. The second kappa shape index (κ2) is 5.00. The van der Waals surface area contributed by atoms with E-state index in [1.54, 1.807) is 6.07 Å². The summed E-state index contributed by atoms with van der Waals surface area (Å²) >= 11 is 0. The molecule has 112 valence electrons. The van der Waals surface area contributed by atoms with Crippen molar-refractivity contribution in [1.29, 1.82) is 0 Å². The number of carbonyl (C=O) groups is 1. The maximum Gasteiger partial charge on any atom is 0.417 e. The number of rotatable bonds is 1. The number of carbonyl (C=O) groups excluding carboxylic acids is 1. The smallest absolute Gasteiger partial charge is 0.294 e. The molecule has 0 aromatic heterocycles. The van der Waals surface area contributed by atoms with Crippen molar-refractivity contribution in [2.24, 2.45) is 0 Å². The normalized spacial score (nSPS) is 21.6. The highest BCUT2D eigenvalue weighted by Crippen LogP contribution is 2.42. The van der Waals surface area contributed by atoms with E-state index in [0.717, 1.165) is 42.9 Å². The summed E-state index contributed by atoms with van der Waals surface area (Å²) in [4.78, 5) is 11.6. The Morgan fingerprint density at radius 3 is 2.67 bits per heavy atom. The first kappa shape index (κ1) is 14.4. The SMILES string of the molecule is CCC1CCCc2cc3c(cc21)C(C(F)(F)F)=CC(=O)C3. The molecule has 1 aromatic carbocycles. The zero-order valence-electron chi connectivity index (χ0n) is 11.9. The van der Waals surface area contributed by atoms with Gasteiger partial charge in [-0.05, 0) is 59.9 Å². The molecule has 0 amide bonds. The summed E-state index contributed by atoms with van der Waals surface area (Å²) in [7, 11) is 0. The van der Waals surface area contributed by atoms with Crippen molar-refractivity contribution in [1.82, 2.24) is 0 Å². The molecule has 0 fully saturated rings. The second-order valence-corrected chi connectivity index (χ2v) is 5.90. The summed E-state index contributed by atoms with van der Waals surface area (Å²) in [6.07, 6.45) is 0.313. The molecule has 0 spiro atoms. The third-order valence-electron chi connectivity index (χ3n) is 4.56. The van der Waals surface area contributed by atoms with Gasteiger partial charge >= 0.3 is 6.18 Å². The molecule has 4 heteroatoms. The van der Waals surface area contributed by atoms with Crippen LogP contribution in [0.2, 0.25) is 0 Å². The Kier molecular flexibility index (Phi) is 3.42. The highest BCUT2D eigenvalue weighted by atomic mass is 19.4. The Bertz CT molecular complexity index is 626. The Balaban J connectivity index is 2.17. The first-order chi connectivity index (χ1) is 9.90. The zero-order valence-corrected chi connectivity index (χ0v) is 11.9. The second-order valence-electron chi connectivity index (χ2n) is 5.90. The fourth-order valence-corrected chi connectivity index (χ4v) is 3.54. The predicted molar refractivity (Wildman–Crippen MR) is 75.2 cm³/mol. The third kappa shape index (κ3) is 2.52. The lowest BCUT2D eigenvalue weighted by Gasteiger charge is -2.28. The third-order valence-corrected chi connectivity index (χ3v) is 4.56. The van der Waals surface area contributed by atoms with Crippen LogP contribution in [0.5, 0.6) is 0 Å². The van der Waals surface area contributed by atoms with Crippen LogP contribution in [0.3, 0.4) is 0 Å². The summed E-state index contributed by atoms with van der Waals surface area (Å²) in [6.45, 7) is 2.07. The summed E-state index contributed by atoms with van der Waals surface area (Å²) in [5.41, 5.74) is 2.14. The standard InChI is InChI=1S/C17H17F3O/c1-2-10-4-3-5-11-6-12-7-13(21)8-16(17(18,19)20)15(12)9-14(10)11/h6,8-10H,2-5,7H2,1H3.